The number of hydrogen-bond acceptors (Lipinski definition) is 3. The van der Waals surface area contributed by atoms with E-state index in [0.29, 0.717) is 18.4 Å². The Hall–Kier alpha value is -1.41. The number of halogens is 1. The molecule has 0 atom stereocenters. The topological polar surface area (TPSA) is 57.9 Å². The highest BCUT2D eigenvalue weighted by atomic mass is 32.2. The molecule has 0 bridgehead atoms. The van der Waals surface area contributed by atoms with E-state index < -0.39 is 21.1 Å². The Morgan fingerprint density at radius 3 is 2.44 bits per heavy atom. The first-order chi connectivity index (χ1) is 7.39. The van der Waals surface area contributed by atoms with Gasteiger partial charge in [0.25, 0.3) is 0 Å². The molecular formula is C11H10FNO2S. The summed E-state index contributed by atoms with van der Waals surface area (Å²) in [5.74, 6) is -0.609. The summed E-state index contributed by atoms with van der Waals surface area (Å²) in [5.41, 5.74) is -0.414. The molecule has 0 saturated heterocycles. The van der Waals surface area contributed by atoms with E-state index in [-0.39, 0.29) is 4.90 Å². The third kappa shape index (κ3) is 1.69. The van der Waals surface area contributed by atoms with Crippen molar-refractivity contribution in [1.29, 1.82) is 5.26 Å². The predicted octanol–water partition coefficient (Wildman–Crippen LogP) is 1.78. The zero-order valence-electron chi connectivity index (χ0n) is 8.70. The van der Waals surface area contributed by atoms with Crippen molar-refractivity contribution in [3.63, 3.8) is 0 Å². The molecule has 1 aliphatic rings. The molecule has 1 aromatic rings. The van der Waals surface area contributed by atoms with E-state index >= 15 is 0 Å². The Balaban J connectivity index is 2.51. The molecule has 0 N–H and O–H groups in total. The van der Waals surface area contributed by atoms with Crippen LogP contribution < -0.4 is 0 Å². The largest absolute Gasteiger partial charge is 0.224 e. The van der Waals surface area contributed by atoms with Crippen LogP contribution in [0.4, 0.5) is 4.39 Å². The smallest absolute Gasteiger partial charge is 0.175 e. The fourth-order valence-electron chi connectivity index (χ4n) is 1.68. The lowest BCUT2D eigenvalue weighted by atomic mass is 9.97. The Morgan fingerprint density at radius 1 is 1.44 bits per heavy atom. The van der Waals surface area contributed by atoms with Crippen LogP contribution in [0.3, 0.4) is 0 Å². The van der Waals surface area contributed by atoms with Gasteiger partial charge in [-0.15, -0.1) is 0 Å². The van der Waals surface area contributed by atoms with Gasteiger partial charge in [-0.3, -0.25) is 0 Å². The van der Waals surface area contributed by atoms with Gasteiger partial charge in [-0.1, -0.05) is 6.07 Å². The lowest BCUT2D eigenvalue weighted by molar-refractivity contribution is 0.585. The van der Waals surface area contributed by atoms with Gasteiger partial charge in [-0.25, -0.2) is 12.8 Å². The summed E-state index contributed by atoms with van der Waals surface area (Å²) in [5, 5.41) is 8.93. The Bertz CT molecular complexity index is 582. The molecule has 0 aromatic heterocycles. The van der Waals surface area contributed by atoms with Gasteiger partial charge in [-0.05, 0) is 25.0 Å². The van der Waals surface area contributed by atoms with Crippen molar-refractivity contribution in [2.75, 3.05) is 6.26 Å². The molecule has 0 unspecified atom stereocenters. The third-order valence-corrected chi connectivity index (χ3v) is 3.96. The molecule has 0 aliphatic heterocycles. The summed E-state index contributed by atoms with van der Waals surface area (Å²) < 4.78 is 36.1. The molecule has 3 nitrogen and oxygen atoms in total. The van der Waals surface area contributed by atoms with Crippen LogP contribution in [0.25, 0.3) is 0 Å². The molecule has 2 rings (SSSR count). The quantitative estimate of drug-likeness (QED) is 0.790. The minimum absolute atomic E-state index is 0.0533. The molecule has 84 valence electrons. The molecule has 16 heavy (non-hydrogen) atoms. The van der Waals surface area contributed by atoms with Gasteiger partial charge in [0.05, 0.1) is 16.4 Å². The lowest BCUT2D eigenvalue weighted by Gasteiger charge is -2.08. The second kappa shape index (κ2) is 3.29. The van der Waals surface area contributed by atoms with Gasteiger partial charge in [0.2, 0.25) is 0 Å². The minimum atomic E-state index is -3.40. The highest BCUT2D eigenvalue weighted by Crippen LogP contribution is 2.48. The van der Waals surface area contributed by atoms with E-state index in [1.165, 1.54) is 12.1 Å². The molecule has 5 heteroatoms. The average molecular weight is 239 g/mol. The highest BCUT2D eigenvalue weighted by molar-refractivity contribution is 7.90. The molecule has 1 saturated carbocycles. The first-order valence-electron chi connectivity index (χ1n) is 4.80. The highest BCUT2D eigenvalue weighted by Gasteiger charge is 2.46. The van der Waals surface area contributed by atoms with Crippen LogP contribution in [0.2, 0.25) is 0 Å². The van der Waals surface area contributed by atoms with E-state index in [2.05, 4.69) is 6.07 Å². The average Bonchev–Trinajstić information content (AvgIpc) is 2.97. The van der Waals surface area contributed by atoms with Crippen LogP contribution >= 0.6 is 0 Å². The fourth-order valence-corrected chi connectivity index (χ4v) is 2.31. The second-order valence-electron chi connectivity index (χ2n) is 4.11. The van der Waals surface area contributed by atoms with Gasteiger partial charge in [0.1, 0.15) is 5.82 Å². The van der Waals surface area contributed by atoms with Crippen LogP contribution in [0, 0.1) is 17.1 Å². The van der Waals surface area contributed by atoms with E-state index in [1.54, 1.807) is 0 Å². The minimum Gasteiger partial charge on any atom is -0.224 e. The Labute approximate surface area is 93.4 Å². The molecule has 1 aliphatic carbocycles. The zero-order chi connectivity index (χ0) is 12.0. The van der Waals surface area contributed by atoms with Crippen LogP contribution in [0.1, 0.15) is 18.4 Å². The van der Waals surface area contributed by atoms with Crippen molar-refractivity contribution >= 4 is 9.84 Å². The fraction of sp³-hybridized carbons (Fsp3) is 0.364. The van der Waals surface area contributed by atoms with Gasteiger partial charge < -0.3 is 0 Å². The number of sulfone groups is 1. The zero-order valence-corrected chi connectivity index (χ0v) is 9.51. The van der Waals surface area contributed by atoms with Gasteiger partial charge in [0.15, 0.2) is 9.84 Å². The molecule has 0 spiro atoms. The van der Waals surface area contributed by atoms with Gasteiger partial charge in [0, 0.05) is 11.8 Å². The van der Waals surface area contributed by atoms with Crippen molar-refractivity contribution < 1.29 is 12.8 Å². The first-order valence-corrected chi connectivity index (χ1v) is 6.69. The number of nitriles is 1. The number of hydrogen-bond donors (Lipinski definition) is 0. The van der Waals surface area contributed by atoms with Gasteiger partial charge in [-0.2, -0.15) is 5.26 Å². The van der Waals surface area contributed by atoms with Crippen molar-refractivity contribution in [3.05, 3.63) is 29.6 Å². The molecule has 1 fully saturated rings. The predicted molar refractivity (Wildman–Crippen MR) is 56.0 cm³/mol. The maximum Gasteiger partial charge on any atom is 0.175 e. The van der Waals surface area contributed by atoms with Crippen molar-refractivity contribution in [1.82, 2.24) is 0 Å². The van der Waals surface area contributed by atoms with Crippen LogP contribution in [0.5, 0.6) is 0 Å². The Morgan fingerprint density at radius 2 is 2.06 bits per heavy atom. The van der Waals surface area contributed by atoms with E-state index in [0.717, 1.165) is 12.3 Å². The molecule has 0 heterocycles. The summed E-state index contributed by atoms with van der Waals surface area (Å²) in [7, 11) is -3.40. The lowest BCUT2D eigenvalue weighted by Crippen LogP contribution is -2.07. The summed E-state index contributed by atoms with van der Waals surface area (Å²) >= 11 is 0. The molecule has 0 amide bonds. The molecule has 0 radical (unpaired) electrons. The maximum atomic E-state index is 13.7. The monoisotopic (exact) mass is 239 g/mol. The van der Waals surface area contributed by atoms with Crippen molar-refractivity contribution in [3.8, 4) is 6.07 Å². The van der Waals surface area contributed by atoms with Crippen LogP contribution in [-0.2, 0) is 15.3 Å². The number of nitrogens with zero attached hydrogens (tertiary/aromatic N) is 1. The molecular weight excluding hydrogens is 229 g/mol. The first kappa shape index (κ1) is 11.1. The van der Waals surface area contributed by atoms with Crippen LogP contribution in [-0.4, -0.2) is 14.7 Å². The van der Waals surface area contributed by atoms with Crippen molar-refractivity contribution in [2.45, 2.75) is 23.2 Å². The van der Waals surface area contributed by atoms with E-state index in [9.17, 15) is 12.8 Å². The standard InChI is InChI=1S/C11H10FNO2S/c1-16(14,15)8-2-3-9(10(12)6-8)11(7-13)4-5-11/h2-3,6H,4-5H2,1H3. The van der Waals surface area contributed by atoms with E-state index in [1.807, 2.05) is 0 Å². The SMILES string of the molecule is CS(=O)(=O)c1ccc(C2(C#N)CC2)c(F)c1. The van der Waals surface area contributed by atoms with E-state index in [4.69, 9.17) is 5.26 Å². The summed E-state index contributed by atoms with van der Waals surface area (Å²) in [6.45, 7) is 0. The number of benzene rings is 1. The molecule has 1 aromatic carbocycles. The second-order valence-corrected chi connectivity index (χ2v) is 6.12. The summed E-state index contributed by atoms with van der Waals surface area (Å²) in [6.07, 6.45) is 2.30. The van der Waals surface area contributed by atoms with Crippen LogP contribution in [0.15, 0.2) is 23.1 Å². The summed E-state index contributed by atoms with van der Waals surface area (Å²) in [4.78, 5) is -0.0533. The Kier molecular flexibility index (Phi) is 2.28. The number of rotatable bonds is 2. The normalized spacial score (nSPS) is 17.8. The van der Waals surface area contributed by atoms with Crippen molar-refractivity contribution in [2.24, 2.45) is 0 Å². The third-order valence-electron chi connectivity index (χ3n) is 2.85. The van der Waals surface area contributed by atoms with Gasteiger partial charge >= 0.3 is 0 Å². The maximum absolute atomic E-state index is 13.7. The summed E-state index contributed by atoms with van der Waals surface area (Å²) in [6, 6.07) is 5.82.